The van der Waals surface area contributed by atoms with Gasteiger partial charge in [0.15, 0.2) is 0 Å². The fourth-order valence-corrected chi connectivity index (χ4v) is 4.93. The van der Waals surface area contributed by atoms with E-state index in [2.05, 4.69) is 10.3 Å². The number of anilines is 1. The summed E-state index contributed by atoms with van der Waals surface area (Å²) in [4.78, 5) is 17.1. The first-order valence-corrected chi connectivity index (χ1v) is 12.0. The molecule has 1 amide bonds. The zero-order valence-corrected chi connectivity index (χ0v) is 19.4. The minimum absolute atomic E-state index is 0.0936. The average molecular weight is 477 g/mol. The Morgan fingerprint density at radius 3 is 2.53 bits per heavy atom. The highest BCUT2D eigenvalue weighted by atomic mass is 32.2. The highest BCUT2D eigenvalue weighted by Crippen LogP contribution is 2.27. The second-order valence-corrected chi connectivity index (χ2v) is 9.26. The van der Waals surface area contributed by atoms with Crippen LogP contribution in [0.25, 0.3) is 5.69 Å². The Morgan fingerprint density at radius 1 is 1.03 bits per heavy atom. The van der Waals surface area contributed by atoms with Crippen molar-refractivity contribution in [1.29, 1.82) is 0 Å². The smallest absolute Gasteiger partial charge is 0.264 e. The number of sulfonamides is 1. The van der Waals surface area contributed by atoms with Gasteiger partial charge in [0.2, 0.25) is 5.91 Å². The lowest BCUT2D eigenvalue weighted by molar-refractivity contribution is -0.119. The molecule has 0 fully saturated rings. The number of carbonyl (C=O) groups is 1. The Balaban J connectivity index is 1.58. The summed E-state index contributed by atoms with van der Waals surface area (Å²) in [7, 11) is -2.50. The average Bonchev–Trinajstić information content (AvgIpc) is 3.41. The molecule has 1 heterocycles. The number of para-hydroxylation sites is 1. The van der Waals surface area contributed by atoms with E-state index < -0.39 is 22.5 Å². The Morgan fingerprint density at radius 2 is 1.79 bits per heavy atom. The maximum atomic E-state index is 13.4. The fraction of sp³-hybridized carbons (Fsp3) is 0.120. The summed E-state index contributed by atoms with van der Waals surface area (Å²) in [5, 5.41) is 2.84. The first kappa shape index (κ1) is 23.1. The van der Waals surface area contributed by atoms with Gasteiger partial charge in [-0.2, -0.15) is 0 Å². The maximum Gasteiger partial charge on any atom is 0.264 e. The normalized spacial score (nSPS) is 11.1. The van der Waals surface area contributed by atoms with Gasteiger partial charge in [0, 0.05) is 25.0 Å². The third kappa shape index (κ3) is 5.10. The quantitative estimate of drug-likeness (QED) is 0.400. The summed E-state index contributed by atoms with van der Waals surface area (Å²) >= 11 is 0. The van der Waals surface area contributed by atoms with E-state index in [1.807, 2.05) is 35.0 Å². The van der Waals surface area contributed by atoms with Gasteiger partial charge in [-0.25, -0.2) is 13.4 Å². The predicted octanol–water partition coefficient (Wildman–Crippen LogP) is 3.39. The lowest BCUT2D eigenvalue weighted by Crippen LogP contribution is -2.40. The summed E-state index contributed by atoms with van der Waals surface area (Å²) in [5.74, 6) is 0.0446. The lowest BCUT2D eigenvalue weighted by Gasteiger charge is -2.24. The van der Waals surface area contributed by atoms with Crippen LogP contribution in [0.2, 0.25) is 0 Å². The minimum Gasteiger partial charge on any atom is -0.497 e. The van der Waals surface area contributed by atoms with Crippen molar-refractivity contribution >= 4 is 21.6 Å². The molecule has 0 aliphatic rings. The molecule has 1 aromatic heterocycles. The van der Waals surface area contributed by atoms with Crippen molar-refractivity contribution < 1.29 is 17.9 Å². The summed E-state index contributed by atoms with van der Waals surface area (Å²) < 4.78 is 35.1. The number of aromatic nitrogens is 2. The van der Waals surface area contributed by atoms with Crippen LogP contribution in [0.5, 0.6) is 5.75 Å². The molecule has 0 saturated carbocycles. The van der Waals surface area contributed by atoms with Gasteiger partial charge in [0.25, 0.3) is 10.0 Å². The molecular formula is C25H24N4O4S. The van der Waals surface area contributed by atoms with Crippen LogP contribution < -0.4 is 14.4 Å². The Bertz CT molecular complexity index is 1360. The van der Waals surface area contributed by atoms with E-state index in [1.165, 1.54) is 19.2 Å². The van der Waals surface area contributed by atoms with Gasteiger partial charge in [0.05, 0.1) is 29.7 Å². The van der Waals surface area contributed by atoms with E-state index in [-0.39, 0.29) is 11.4 Å². The number of nitrogens with one attached hydrogen (secondary N) is 1. The SMILES string of the molecule is COc1cccc(N(CC(=O)NCc2ccccc2-n2ccnc2)S(=O)(=O)c2ccccc2)c1. The van der Waals surface area contributed by atoms with Gasteiger partial charge in [-0.3, -0.25) is 9.10 Å². The Hall–Kier alpha value is -4.11. The third-order valence-electron chi connectivity index (χ3n) is 5.21. The Labute approximate surface area is 198 Å². The van der Waals surface area contributed by atoms with E-state index in [9.17, 15) is 13.2 Å². The lowest BCUT2D eigenvalue weighted by atomic mass is 10.1. The van der Waals surface area contributed by atoms with Crippen molar-refractivity contribution in [3.63, 3.8) is 0 Å². The van der Waals surface area contributed by atoms with Gasteiger partial charge in [-0.1, -0.05) is 42.5 Å². The van der Waals surface area contributed by atoms with Gasteiger partial charge >= 0.3 is 0 Å². The van der Waals surface area contributed by atoms with Crippen molar-refractivity contribution in [2.75, 3.05) is 18.0 Å². The molecule has 3 aromatic carbocycles. The van der Waals surface area contributed by atoms with Gasteiger partial charge < -0.3 is 14.6 Å². The molecular weight excluding hydrogens is 452 g/mol. The molecule has 0 spiro atoms. The first-order valence-electron chi connectivity index (χ1n) is 10.5. The first-order chi connectivity index (χ1) is 16.5. The molecule has 0 aliphatic heterocycles. The molecule has 1 N–H and O–H groups in total. The zero-order valence-electron chi connectivity index (χ0n) is 18.5. The topological polar surface area (TPSA) is 93.5 Å². The monoisotopic (exact) mass is 476 g/mol. The van der Waals surface area contributed by atoms with Crippen LogP contribution in [0.4, 0.5) is 5.69 Å². The largest absolute Gasteiger partial charge is 0.497 e. The molecule has 4 rings (SSSR count). The van der Waals surface area contributed by atoms with Crippen molar-refractivity contribution in [1.82, 2.24) is 14.9 Å². The van der Waals surface area contributed by atoms with Gasteiger partial charge in [-0.15, -0.1) is 0 Å². The van der Waals surface area contributed by atoms with Crippen LogP contribution >= 0.6 is 0 Å². The van der Waals surface area contributed by atoms with Crippen molar-refractivity contribution in [2.24, 2.45) is 0 Å². The van der Waals surface area contributed by atoms with Crippen LogP contribution in [-0.2, 0) is 21.4 Å². The number of imidazole rings is 1. The van der Waals surface area contributed by atoms with Crippen LogP contribution in [-0.4, -0.2) is 37.5 Å². The van der Waals surface area contributed by atoms with E-state index in [0.29, 0.717) is 11.4 Å². The van der Waals surface area contributed by atoms with E-state index in [4.69, 9.17) is 4.74 Å². The number of methoxy groups -OCH3 is 1. The van der Waals surface area contributed by atoms with E-state index in [0.717, 1.165) is 15.6 Å². The van der Waals surface area contributed by atoms with Crippen LogP contribution in [0.15, 0.2) is 102 Å². The molecule has 0 saturated heterocycles. The zero-order chi connectivity index (χ0) is 24.0. The highest BCUT2D eigenvalue weighted by molar-refractivity contribution is 7.92. The summed E-state index contributed by atoms with van der Waals surface area (Å²) in [6, 6.07) is 22.2. The molecule has 174 valence electrons. The summed E-state index contributed by atoms with van der Waals surface area (Å²) in [5.41, 5.74) is 2.08. The minimum atomic E-state index is -4.00. The van der Waals surface area contributed by atoms with Crippen molar-refractivity contribution in [3.05, 3.63) is 103 Å². The summed E-state index contributed by atoms with van der Waals surface area (Å²) in [6.45, 7) is -0.165. The third-order valence-corrected chi connectivity index (χ3v) is 7.00. The molecule has 0 unspecified atom stereocenters. The molecule has 34 heavy (non-hydrogen) atoms. The fourth-order valence-electron chi connectivity index (χ4n) is 3.49. The standard InChI is InChI=1S/C25H24N4O4S/c1-33-22-10-7-9-21(16-22)29(34(31,32)23-11-3-2-4-12-23)18-25(30)27-17-20-8-5-6-13-24(20)28-15-14-26-19-28/h2-16,19H,17-18H2,1H3,(H,27,30). The number of benzene rings is 3. The molecule has 0 atom stereocenters. The second kappa shape index (κ2) is 10.2. The Kier molecular flexibility index (Phi) is 6.93. The number of amides is 1. The second-order valence-electron chi connectivity index (χ2n) is 7.40. The predicted molar refractivity (Wildman–Crippen MR) is 129 cm³/mol. The number of hydrogen-bond acceptors (Lipinski definition) is 5. The highest BCUT2D eigenvalue weighted by Gasteiger charge is 2.27. The maximum absolute atomic E-state index is 13.4. The van der Waals surface area contributed by atoms with Crippen molar-refractivity contribution in [3.8, 4) is 11.4 Å². The van der Waals surface area contributed by atoms with Gasteiger partial charge in [0.1, 0.15) is 12.3 Å². The molecule has 4 aromatic rings. The number of nitrogens with zero attached hydrogens (tertiary/aromatic N) is 3. The summed E-state index contributed by atoms with van der Waals surface area (Å²) in [6.07, 6.45) is 5.17. The van der Waals surface area contributed by atoms with Crippen LogP contribution in [0.1, 0.15) is 5.56 Å². The molecule has 0 aliphatic carbocycles. The van der Waals surface area contributed by atoms with Crippen LogP contribution in [0, 0.1) is 0 Å². The van der Waals surface area contributed by atoms with E-state index in [1.54, 1.807) is 55.0 Å². The van der Waals surface area contributed by atoms with E-state index >= 15 is 0 Å². The number of ether oxygens (including phenoxy) is 1. The number of rotatable bonds is 9. The van der Waals surface area contributed by atoms with Gasteiger partial charge in [-0.05, 0) is 35.9 Å². The number of hydrogen-bond donors (Lipinski definition) is 1. The van der Waals surface area contributed by atoms with Crippen LogP contribution in [0.3, 0.4) is 0 Å². The molecule has 9 heteroatoms. The molecule has 0 bridgehead atoms. The van der Waals surface area contributed by atoms with Crippen molar-refractivity contribution in [2.45, 2.75) is 11.4 Å². The molecule has 0 radical (unpaired) electrons. The molecule has 8 nitrogen and oxygen atoms in total. The number of carbonyl (C=O) groups excluding carboxylic acids is 1.